The number of aromatic nitrogens is 3. The number of methoxy groups -OCH3 is 1. The second-order valence-corrected chi connectivity index (χ2v) is 7.86. The van der Waals surface area contributed by atoms with E-state index >= 15 is 0 Å². The minimum absolute atomic E-state index is 0.128. The Labute approximate surface area is 189 Å². The van der Waals surface area contributed by atoms with Gasteiger partial charge in [-0.15, -0.1) is 10.2 Å². The number of rotatable bonds is 7. The Morgan fingerprint density at radius 3 is 2.67 bits per heavy atom. The molecule has 3 rings (SSSR count). The van der Waals surface area contributed by atoms with Crippen LogP contribution in [0.5, 0.6) is 5.75 Å². The highest BCUT2D eigenvalue weighted by Gasteiger charge is 2.15. The number of thioether (sulfide) groups is 1. The zero-order valence-corrected chi connectivity index (χ0v) is 18.8. The molecule has 0 atom stereocenters. The second kappa shape index (κ2) is 10.4. The van der Waals surface area contributed by atoms with Gasteiger partial charge in [0.25, 0.3) is 5.91 Å². The van der Waals surface area contributed by atoms with Crippen LogP contribution < -0.4 is 15.5 Å². The largest absolute Gasteiger partial charge is 0.495 e. The lowest BCUT2D eigenvalue weighted by atomic mass is 10.2. The third-order valence-electron chi connectivity index (χ3n) is 4.08. The highest BCUT2D eigenvalue weighted by molar-refractivity contribution is 7.98. The van der Waals surface area contributed by atoms with E-state index in [1.165, 1.54) is 30.5 Å². The number of nitrogens with one attached hydrogen (secondary N) is 2. The molecule has 0 radical (unpaired) electrons. The van der Waals surface area contributed by atoms with Crippen LogP contribution in [0.25, 0.3) is 0 Å². The quantitative estimate of drug-likeness (QED) is 0.405. The van der Waals surface area contributed by atoms with Crippen LogP contribution in [-0.4, -0.2) is 33.0 Å². The van der Waals surface area contributed by atoms with Gasteiger partial charge in [-0.05, 0) is 36.0 Å². The third-order valence-corrected chi connectivity index (χ3v) is 5.57. The van der Waals surface area contributed by atoms with Crippen molar-refractivity contribution in [3.8, 4) is 5.75 Å². The number of carbonyl (C=O) groups excluding carboxylic acids is 1. The number of halogens is 1. The number of hydrogen-bond acceptors (Lipinski definition) is 6. The van der Waals surface area contributed by atoms with Gasteiger partial charge in [0, 0.05) is 17.7 Å². The Kier molecular flexibility index (Phi) is 7.67. The van der Waals surface area contributed by atoms with E-state index in [0.717, 1.165) is 5.75 Å². The first-order chi connectivity index (χ1) is 14.5. The lowest BCUT2D eigenvalue weighted by Gasteiger charge is -2.14. The first kappa shape index (κ1) is 22.1. The van der Waals surface area contributed by atoms with Crippen molar-refractivity contribution < 1.29 is 9.53 Å². The van der Waals surface area contributed by atoms with Crippen LogP contribution in [0, 0.1) is 0 Å². The number of hydrogen-bond donors (Lipinski definition) is 2. The van der Waals surface area contributed by atoms with Gasteiger partial charge in [-0.1, -0.05) is 60.6 Å². The Balaban J connectivity index is 1.67. The maximum Gasteiger partial charge on any atom is 0.257 e. The van der Waals surface area contributed by atoms with Crippen molar-refractivity contribution in [1.29, 1.82) is 0 Å². The van der Waals surface area contributed by atoms with Gasteiger partial charge in [0.05, 0.1) is 12.1 Å². The summed E-state index contributed by atoms with van der Waals surface area (Å²) >= 11 is 12.9. The molecule has 0 aliphatic heterocycles. The number of amides is 1. The van der Waals surface area contributed by atoms with Gasteiger partial charge in [0.2, 0.25) is 5.16 Å². The van der Waals surface area contributed by atoms with Crippen molar-refractivity contribution in [2.24, 2.45) is 0 Å². The molecule has 2 N–H and O–H groups in total. The smallest absolute Gasteiger partial charge is 0.257 e. The van der Waals surface area contributed by atoms with Crippen LogP contribution in [0.1, 0.15) is 28.7 Å². The fraction of sp³-hybridized carbons (Fsp3) is 0.200. The molecule has 0 aliphatic rings. The average Bonchev–Trinajstić information content (AvgIpc) is 3.14. The lowest BCUT2D eigenvalue weighted by Crippen LogP contribution is -2.38. The SMILES string of the molecule is CCc1nnc(SCc2ccccc2)n1NC(=S)NC(=O)c1ccc(OC)c(Cl)c1. The number of ether oxygens (including phenoxy) is 1. The van der Waals surface area contributed by atoms with Crippen molar-refractivity contribution in [3.63, 3.8) is 0 Å². The molecular weight excluding hydrogens is 442 g/mol. The zero-order chi connectivity index (χ0) is 21.5. The molecule has 30 heavy (non-hydrogen) atoms. The Morgan fingerprint density at radius 2 is 2.00 bits per heavy atom. The molecule has 2 aromatic carbocycles. The molecule has 0 saturated heterocycles. The highest BCUT2D eigenvalue weighted by atomic mass is 35.5. The zero-order valence-electron chi connectivity index (χ0n) is 16.4. The van der Waals surface area contributed by atoms with E-state index in [0.29, 0.717) is 33.7 Å². The van der Waals surface area contributed by atoms with E-state index in [9.17, 15) is 4.79 Å². The molecule has 156 valence electrons. The van der Waals surface area contributed by atoms with E-state index in [1.807, 2.05) is 37.3 Å². The first-order valence-electron chi connectivity index (χ1n) is 9.08. The van der Waals surface area contributed by atoms with Crippen LogP contribution >= 0.6 is 35.6 Å². The predicted octanol–water partition coefficient (Wildman–Crippen LogP) is 4.05. The Hall–Kier alpha value is -2.62. The Morgan fingerprint density at radius 1 is 1.23 bits per heavy atom. The summed E-state index contributed by atoms with van der Waals surface area (Å²) in [6.07, 6.45) is 0.649. The number of benzene rings is 2. The first-order valence-corrected chi connectivity index (χ1v) is 10.9. The number of thiocarbonyl (C=S) groups is 1. The van der Waals surface area contributed by atoms with E-state index in [4.69, 9.17) is 28.6 Å². The van der Waals surface area contributed by atoms with E-state index in [-0.39, 0.29) is 11.0 Å². The second-order valence-electron chi connectivity index (χ2n) is 6.11. The van der Waals surface area contributed by atoms with Crippen LogP contribution in [0.2, 0.25) is 5.02 Å². The number of nitrogens with zero attached hydrogens (tertiary/aromatic N) is 3. The number of aryl methyl sites for hydroxylation is 1. The van der Waals surface area contributed by atoms with Gasteiger partial charge in [-0.25, -0.2) is 4.68 Å². The molecule has 0 spiro atoms. The average molecular weight is 462 g/mol. The minimum Gasteiger partial charge on any atom is -0.495 e. The fourth-order valence-corrected chi connectivity index (χ4v) is 3.88. The van der Waals surface area contributed by atoms with Gasteiger partial charge in [0.15, 0.2) is 10.9 Å². The predicted molar refractivity (Wildman–Crippen MR) is 123 cm³/mol. The normalized spacial score (nSPS) is 10.5. The number of carbonyl (C=O) groups is 1. The van der Waals surface area contributed by atoms with Gasteiger partial charge < -0.3 is 4.74 Å². The fourth-order valence-electron chi connectivity index (χ4n) is 2.57. The molecule has 7 nitrogen and oxygen atoms in total. The third kappa shape index (κ3) is 5.50. The van der Waals surface area contributed by atoms with E-state index in [1.54, 1.807) is 16.8 Å². The maximum atomic E-state index is 12.5. The molecule has 0 bridgehead atoms. The van der Waals surface area contributed by atoms with Gasteiger partial charge in [0.1, 0.15) is 5.75 Å². The topological polar surface area (TPSA) is 81.1 Å². The van der Waals surface area contributed by atoms with Crippen molar-refractivity contribution >= 4 is 46.6 Å². The lowest BCUT2D eigenvalue weighted by molar-refractivity contribution is 0.0977. The van der Waals surface area contributed by atoms with Crippen LogP contribution in [0.3, 0.4) is 0 Å². The molecule has 0 fully saturated rings. The Bertz CT molecular complexity index is 1040. The maximum absolute atomic E-state index is 12.5. The summed E-state index contributed by atoms with van der Waals surface area (Å²) < 4.78 is 6.79. The van der Waals surface area contributed by atoms with E-state index in [2.05, 4.69) is 20.9 Å². The monoisotopic (exact) mass is 461 g/mol. The van der Waals surface area contributed by atoms with Crippen molar-refractivity contribution in [2.45, 2.75) is 24.3 Å². The summed E-state index contributed by atoms with van der Waals surface area (Å²) in [6.45, 7) is 1.97. The molecule has 1 aromatic heterocycles. The molecule has 1 amide bonds. The summed E-state index contributed by atoms with van der Waals surface area (Å²) in [7, 11) is 1.51. The van der Waals surface area contributed by atoms with Crippen molar-refractivity contribution in [1.82, 2.24) is 20.2 Å². The van der Waals surface area contributed by atoms with Crippen molar-refractivity contribution in [3.05, 3.63) is 70.5 Å². The summed E-state index contributed by atoms with van der Waals surface area (Å²) in [4.78, 5) is 12.5. The van der Waals surface area contributed by atoms with Crippen LogP contribution in [0.15, 0.2) is 53.7 Å². The molecular formula is C20H20ClN5O2S2. The van der Waals surface area contributed by atoms with Gasteiger partial charge >= 0.3 is 0 Å². The van der Waals surface area contributed by atoms with Crippen molar-refractivity contribution in [2.75, 3.05) is 12.5 Å². The van der Waals surface area contributed by atoms with Gasteiger partial charge in [-0.2, -0.15) is 0 Å². The molecule has 1 heterocycles. The molecule has 10 heteroatoms. The highest BCUT2D eigenvalue weighted by Crippen LogP contribution is 2.25. The van der Waals surface area contributed by atoms with Crippen LogP contribution in [0.4, 0.5) is 0 Å². The summed E-state index contributed by atoms with van der Waals surface area (Å²) in [5, 5.41) is 12.2. The standard InChI is InChI=1S/C20H20ClN5O2S2/c1-3-17-23-24-20(30-12-13-7-5-4-6-8-13)26(17)25-19(29)22-18(27)14-9-10-16(28-2)15(21)11-14/h4-11H,3,12H2,1-2H3,(H2,22,25,27,29). The minimum atomic E-state index is -0.387. The molecule has 3 aromatic rings. The molecule has 0 aliphatic carbocycles. The summed E-state index contributed by atoms with van der Waals surface area (Å²) in [6, 6.07) is 14.8. The van der Waals surface area contributed by atoms with E-state index < -0.39 is 0 Å². The van der Waals surface area contributed by atoms with Gasteiger partial charge in [-0.3, -0.25) is 15.5 Å². The summed E-state index contributed by atoms with van der Waals surface area (Å²) in [5.41, 5.74) is 4.53. The summed E-state index contributed by atoms with van der Waals surface area (Å²) in [5.74, 6) is 1.54. The molecule has 0 unspecified atom stereocenters. The molecule has 0 saturated carbocycles. The van der Waals surface area contributed by atoms with Crippen LogP contribution in [-0.2, 0) is 12.2 Å².